The molecular formula is C18H15ClFN3O3. The van der Waals surface area contributed by atoms with Crippen LogP contribution in [-0.2, 0) is 14.9 Å². The van der Waals surface area contributed by atoms with Crippen molar-refractivity contribution in [3.8, 4) is 0 Å². The molecule has 0 radical (unpaired) electrons. The van der Waals surface area contributed by atoms with Crippen LogP contribution >= 0.6 is 11.6 Å². The highest BCUT2D eigenvalue weighted by Gasteiger charge is 2.53. The number of amides is 2. The summed E-state index contributed by atoms with van der Waals surface area (Å²) in [7, 11) is 0. The zero-order valence-electron chi connectivity index (χ0n) is 13.7. The second kappa shape index (κ2) is 6.03. The van der Waals surface area contributed by atoms with Crippen molar-refractivity contribution in [2.75, 3.05) is 18.1 Å². The maximum atomic E-state index is 14.0. The van der Waals surface area contributed by atoms with Gasteiger partial charge >= 0.3 is 0 Å². The molecule has 0 unspecified atom stereocenters. The third kappa shape index (κ3) is 2.39. The van der Waals surface area contributed by atoms with Crippen molar-refractivity contribution < 1.29 is 18.7 Å². The van der Waals surface area contributed by atoms with Crippen molar-refractivity contribution in [2.24, 2.45) is 5.73 Å². The molecule has 2 aliphatic rings. The zero-order valence-corrected chi connectivity index (χ0v) is 14.4. The molecule has 0 saturated carbocycles. The number of nitrogens with two attached hydrogens (primary N) is 1. The van der Waals surface area contributed by atoms with E-state index in [1.165, 1.54) is 23.1 Å². The van der Waals surface area contributed by atoms with Crippen LogP contribution in [0.3, 0.4) is 0 Å². The lowest BCUT2D eigenvalue weighted by atomic mass is 9.77. The van der Waals surface area contributed by atoms with Crippen LogP contribution in [0, 0.1) is 5.82 Å². The number of carbonyl (C=O) groups is 2. The topological polar surface area (TPSA) is 85.5 Å². The second-order valence-corrected chi connectivity index (χ2v) is 6.77. The molecule has 1 aromatic carbocycles. The first-order valence-corrected chi connectivity index (χ1v) is 8.50. The number of fused-ring (bicyclic) bond motifs is 2. The lowest BCUT2D eigenvalue weighted by molar-refractivity contribution is -0.126. The Labute approximate surface area is 153 Å². The SMILES string of the molecule is NC(=O)c1ccc2c(n1)C1(CCOCC1)C(=O)N2c1ccc(Cl)c(F)c1. The van der Waals surface area contributed by atoms with E-state index in [4.69, 9.17) is 22.1 Å². The molecule has 6 nitrogen and oxygen atoms in total. The molecule has 134 valence electrons. The summed E-state index contributed by atoms with van der Waals surface area (Å²) in [4.78, 5) is 30.7. The molecule has 4 rings (SSSR count). The van der Waals surface area contributed by atoms with E-state index in [9.17, 15) is 14.0 Å². The van der Waals surface area contributed by atoms with Gasteiger partial charge in [-0.3, -0.25) is 14.5 Å². The van der Waals surface area contributed by atoms with Gasteiger partial charge in [-0.25, -0.2) is 9.37 Å². The van der Waals surface area contributed by atoms with Gasteiger partial charge in [0.1, 0.15) is 11.5 Å². The number of benzene rings is 1. The average Bonchev–Trinajstić information content (AvgIpc) is 2.86. The number of aromatic nitrogens is 1. The van der Waals surface area contributed by atoms with Crippen LogP contribution in [0.4, 0.5) is 15.8 Å². The van der Waals surface area contributed by atoms with Crippen LogP contribution in [0.1, 0.15) is 29.0 Å². The third-order valence-electron chi connectivity index (χ3n) is 4.94. The minimum Gasteiger partial charge on any atom is -0.381 e. The third-order valence-corrected chi connectivity index (χ3v) is 5.25. The number of ether oxygens (including phenoxy) is 1. The monoisotopic (exact) mass is 375 g/mol. The minimum atomic E-state index is -0.908. The number of hydrogen-bond acceptors (Lipinski definition) is 4. The van der Waals surface area contributed by atoms with Gasteiger partial charge in [-0.15, -0.1) is 0 Å². The molecule has 2 aromatic rings. The van der Waals surface area contributed by atoms with Gasteiger partial charge in [-0.05, 0) is 43.2 Å². The van der Waals surface area contributed by atoms with Crippen molar-refractivity contribution in [2.45, 2.75) is 18.3 Å². The lowest BCUT2D eigenvalue weighted by Crippen LogP contribution is -2.43. The van der Waals surface area contributed by atoms with Gasteiger partial charge in [0, 0.05) is 13.2 Å². The fourth-order valence-electron chi connectivity index (χ4n) is 3.60. The average molecular weight is 376 g/mol. The molecule has 1 fully saturated rings. The van der Waals surface area contributed by atoms with Gasteiger partial charge in [0.05, 0.1) is 27.5 Å². The number of halogens is 2. The van der Waals surface area contributed by atoms with Crippen molar-refractivity contribution in [1.29, 1.82) is 0 Å². The Morgan fingerprint density at radius 3 is 2.65 bits per heavy atom. The van der Waals surface area contributed by atoms with Crippen LogP contribution in [-0.4, -0.2) is 30.0 Å². The molecule has 8 heteroatoms. The Morgan fingerprint density at radius 2 is 2.00 bits per heavy atom. The summed E-state index contributed by atoms with van der Waals surface area (Å²) in [5.74, 6) is -1.50. The standard InChI is InChI=1S/C18H15ClFN3O3/c19-11-2-1-10(9-12(11)20)23-14-4-3-13(16(21)24)22-15(14)18(17(23)25)5-7-26-8-6-18/h1-4,9H,5-8H2,(H2,21,24). The van der Waals surface area contributed by atoms with Gasteiger partial charge in [-0.1, -0.05) is 11.6 Å². The first kappa shape index (κ1) is 16.9. The first-order valence-electron chi connectivity index (χ1n) is 8.13. The molecule has 0 bridgehead atoms. The van der Waals surface area contributed by atoms with Crippen LogP contribution in [0.5, 0.6) is 0 Å². The molecule has 0 aliphatic carbocycles. The van der Waals surface area contributed by atoms with Gasteiger partial charge < -0.3 is 10.5 Å². The fraction of sp³-hybridized carbons (Fsp3) is 0.278. The van der Waals surface area contributed by atoms with Crippen LogP contribution in [0.2, 0.25) is 5.02 Å². The smallest absolute Gasteiger partial charge is 0.267 e. The maximum absolute atomic E-state index is 14.0. The Hall–Kier alpha value is -2.51. The van der Waals surface area contributed by atoms with Crippen LogP contribution in [0.15, 0.2) is 30.3 Å². The number of hydrogen-bond donors (Lipinski definition) is 1. The van der Waals surface area contributed by atoms with Crippen molar-refractivity contribution in [1.82, 2.24) is 4.98 Å². The molecule has 0 atom stereocenters. The van der Waals surface area contributed by atoms with E-state index in [2.05, 4.69) is 4.98 Å². The van der Waals surface area contributed by atoms with Gasteiger partial charge in [0.25, 0.3) is 5.91 Å². The highest BCUT2D eigenvalue weighted by atomic mass is 35.5. The second-order valence-electron chi connectivity index (χ2n) is 6.36. The van der Waals surface area contributed by atoms with E-state index in [0.29, 0.717) is 43.1 Å². The van der Waals surface area contributed by atoms with Crippen molar-refractivity contribution in [3.05, 3.63) is 52.6 Å². The largest absolute Gasteiger partial charge is 0.381 e. The normalized spacial score (nSPS) is 18.2. The summed E-state index contributed by atoms with van der Waals surface area (Å²) < 4.78 is 19.4. The van der Waals surface area contributed by atoms with E-state index in [1.54, 1.807) is 12.1 Å². The van der Waals surface area contributed by atoms with Crippen molar-refractivity contribution >= 4 is 34.8 Å². The number of nitrogens with zero attached hydrogens (tertiary/aromatic N) is 2. The van der Waals surface area contributed by atoms with E-state index in [0.717, 1.165) is 0 Å². The summed E-state index contributed by atoms with van der Waals surface area (Å²) in [5.41, 5.74) is 5.89. The molecule has 1 aromatic heterocycles. The Bertz CT molecular complexity index is 928. The predicted molar refractivity (Wildman–Crippen MR) is 93.0 cm³/mol. The Kier molecular flexibility index (Phi) is 3.93. The quantitative estimate of drug-likeness (QED) is 0.874. The van der Waals surface area contributed by atoms with Gasteiger partial charge in [-0.2, -0.15) is 0 Å². The first-order chi connectivity index (χ1) is 12.4. The highest BCUT2D eigenvalue weighted by Crippen LogP contribution is 2.49. The summed E-state index contributed by atoms with van der Waals surface area (Å²) in [6, 6.07) is 7.28. The van der Waals surface area contributed by atoms with E-state index < -0.39 is 17.1 Å². The van der Waals surface area contributed by atoms with Crippen LogP contribution in [0.25, 0.3) is 0 Å². The highest BCUT2D eigenvalue weighted by molar-refractivity contribution is 6.30. The summed E-state index contributed by atoms with van der Waals surface area (Å²) in [6.07, 6.45) is 0.862. The summed E-state index contributed by atoms with van der Waals surface area (Å²) in [5, 5.41) is -0.0244. The molecular weight excluding hydrogens is 361 g/mol. The fourth-order valence-corrected chi connectivity index (χ4v) is 3.71. The molecule has 3 heterocycles. The Balaban J connectivity index is 1.91. The molecule has 2 aliphatic heterocycles. The van der Waals surface area contributed by atoms with Crippen LogP contribution < -0.4 is 10.6 Å². The molecule has 1 saturated heterocycles. The summed E-state index contributed by atoms with van der Waals surface area (Å²) >= 11 is 5.76. The minimum absolute atomic E-state index is 0.0244. The number of rotatable bonds is 2. The maximum Gasteiger partial charge on any atom is 0.267 e. The van der Waals surface area contributed by atoms with E-state index in [-0.39, 0.29) is 16.6 Å². The van der Waals surface area contributed by atoms with E-state index >= 15 is 0 Å². The molecule has 2 amide bonds. The number of primary amides is 1. The molecule has 2 N–H and O–H groups in total. The van der Waals surface area contributed by atoms with Gasteiger partial charge in [0.2, 0.25) is 5.91 Å². The van der Waals surface area contributed by atoms with Gasteiger partial charge in [0.15, 0.2) is 0 Å². The zero-order chi connectivity index (χ0) is 18.5. The number of anilines is 2. The van der Waals surface area contributed by atoms with E-state index in [1.807, 2.05) is 0 Å². The lowest BCUT2D eigenvalue weighted by Gasteiger charge is -2.31. The number of carbonyl (C=O) groups excluding carboxylic acids is 2. The number of pyridine rings is 1. The molecule has 1 spiro atoms. The van der Waals surface area contributed by atoms with Crippen molar-refractivity contribution in [3.63, 3.8) is 0 Å². The summed E-state index contributed by atoms with van der Waals surface area (Å²) in [6.45, 7) is 0.799. The molecule has 26 heavy (non-hydrogen) atoms. The predicted octanol–water partition coefficient (Wildman–Crippen LogP) is 2.70. The Morgan fingerprint density at radius 1 is 1.27 bits per heavy atom.